The molecule has 0 amide bonds. The average Bonchev–Trinajstić information content (AvgIpc) is 3.65. The fraction of sp³-hybridized carbons (Fsp3) is 0.217. The van der Waals surface area contributed by atoms with Crippen LogP contribution in [0.1, 0.15) is 43.2 Å². The van der Waals surface area contributed by atoms with Gasteiger partial charge in [0.15, 0.2) is 0 Å². The van der Waals surface area contributed by atoms with E-state index in [4.69, 9.17) is 0 Å². The quantitative estimate of drug-likeness (QED) is 0.183. The largest absolute Gasteiger partial charge is 0.309 e. The summed E-state index contributed by atoms with van der Waals surface area (Å²) in [6, 6.07) is 50.7. The van der Waals surface area contributed by atoms with E-state index >= 15 is 0 Å². The lowest BCUT2D eigenvalue weighted by Crippen LogP contribution is -2.57. The zero-order valence-corrected chi connectivity index (χ0v) is 26.9. The summed E-state index contributed by atoms with van der Waals surface area (Å²) >= 11 is 0. The van der Waals surface area contributed by atoms with E-state index in [0.717, 1.165) is 23.7 Å². The van der Waals surface area contributed by atoms with Gasteiger partial charge in [0.1, 0.15) is 0 Å². The number of nitrogens with zero attached hydrogens (tertiary/aromatic N) is 2. The molecule has 4 aliphatic carbocycles. The molecule has 48 heavy (non-hydrogen) atoms. The van der Waals surface area contributed by atoms with Gasteiger partial charge in [-0.2, -0.15) is 0 Å². The number of para-hydroxylation sites is 4. The van der Waals surface area contributed by atoms with Crippen LogP contribution in [0.3, 0.4) is 0 Å². The molecule has 3 heterocycles. The van der Waals surface area contributed by atoms with E-state index in [1.54, 1.807) is 11.1 Å². The Labute approximate surface area is 280 Å². The SMILES string of the molecule is c1ccc(-n2c3ccccc3c3cc(-c4ccc5c(c4)c4cccc6c4n5-c4ccccc4C64C5CC6CC(C5)CC4C6)ccc32)cc1. The first kappa shape index (κ1) is 25.9. The number of fused-ring (bicyclic) bond motifs is 8. The molecule has 1 spiro atoms. The molecule has 4 bridgehead atoms. The topological polar surface area (TPSA) is 9.86 Å². The minimum Gasteiger partial charge on any atom is -0.309 e. The minimum atomic E-state index is 0.148. The van der Waals surface area contributed by atoms with E-state index in [0.29, 0.717) is 0 Å². The number of hydrogen-bond acceptors (Lipinski definition) is 0. The molecule has 13 rings (SSSR count). The summed E-state index contributed by atoms with van der Waals surface area (Å²) in [7, 11) is 0. The van der Waals surface area contributed by atoms with Crippen LogP contribution in [0.5, 0.6) is 0 Å². The number of hydrogen-bond donors (Lipinski definition) is 0. The number of aromatic nitrogens is 2. The lowest BCUT2D eigenvalue weighted by Gasteiger charge is -2.63. The molecule has 6 aromatic carbocycles. The molecule has 230 valence electrons. The third-order valence-electron chi connectivity index (χ3n) is 13.3. The Morgan fingerprint density at radius 2 is 1.02 bits per heavy atom. The van der Waals surface area contributed by atoms with Gasteiger partial charge >= 0.3 is 0 Å². The lowest BCUT2D eigenvalue weighted by molar-refractivity contribution is -0.0418. The van der Waals surface area contributed by atoms with Crippen molar-refractivity contribution in [1.82, 2.24) is 9.13 Å². The third-order valence-corrected chi connectivity index (χ3v) is 13.3. The average molecular weight is 617 g/mol. The van der Waals surface area contributed by atoms with Gasteiger partial charge in [-0.3, -0.25) is 0 Å². The van der Waals surface area contributed by atoms with Crippen molar-refractivity contribution in [2.24, 2.45) is 23.7 Å². The molecule has 0 radical (unpaired) electrons. The normalized spacial score (nSPS) is 25.2. The summed E-state index contributed by atoms with van der Waals surface area (Å²) in [6.45, 7) is 0. The van der Waals surface area contributed by atoms with Crippen LogP contribution < -0.4 is 0 Å². The van der Waals surface area contributed by atoms with E-state index in [-0.39, 0.29) is 5.41 Å². The highest BCUT2D eigenvalue weighted by atomic mass is 15.0. The van der Waals surface area contributed by atoms with Crippen LogP contribution in [0.25, 0.3) is 66.1 Å². The maximum Gasteiger partial charge on any atom is 0.0582 e. The molecule has 0 saturated heterocycles. The van der Waals surface area contributed by atoms with Crippen LogP contribution in [-0.2, 0) is 5.41 Å². The monoisotopic (exact) mass is 616 g/mol. The summed E-state index contributed by atoms with van der Waals surface area (Å²) in [6.07, 6.45) is 7.11. The Bertz CT molecular complexity index is 2610. The van der Waals surface area contributed by atoms with Crippen LogP contribution in [-0.4, -0.2) is 9.13 Å². The second-order valence-electron chi connectivity index (χ2n) is 15.4. The number of benzene rings is 6. The molecule has 5 aliphatic rings. The first-order chi connectivity index (χ1) is 23.8. The summed E-state index contributed by atoms with van der Waals surface area (Å²) in [5.41, 5.74) is 13.8. The zero-order valence-electron chi connectivity index (χ0n) is 26.9. The molecule has 2 nitrogen and oxygen atoms in total. The maximum atomic E-state index is 2.63. The molecule has 4 saturated carbocycles. The fourth-order valence-corrected chi connectivity index (χ4v) is 11.8. The van der Waals surface area contributed by atoms with Crippen molar-refractivity contribution >= 4 is 43.6 Å². The second-order valence-corrected chi connectivity index (χ2v) is 15.4. The van der Waals surface area contributed by atoms with Gasteiger partial charge in [0.05, 0.1) is 27.8 Å². The fourth-order valence-electron chi connectivity index (χ4n) is 11.8. The molecule has 0 unspecified atom stereocenters. The molecule has 2 heteroatoms. The molecule has 0 atom stereocenters. The van der Waals surface area contributed by atoms with Gasteiger partial charge in [0.2, 0.25) is 0 Å². The van der Waals surface area contributed by atoms with E-state index in [2.05, 4.69) is 143 Å². The standard InChI is InChI=1S/C46H36N2/c1-2-9-34(10-3-1)47-41-15-6-4-11-35(41)37-26-30(17-19-42(37)47)31-18-20-43-38(27-31)36-12-8-14-40-45(36)48(43)44-16-7-5-13-39(44)46(40)32-22-28-21-29(24-32)25-33(46)23-28/h1-20,26-29,32-33H,21-25H2. The van der Waals surface area contributed by atoms with E-state index in [1.165, 1.54) is 98.2 Å². The van der Waals surface area contributed by atoms with Crippen LogP contribution in [0, 0.1) is 23.7 Å². The van der Waals surface area contributed by atoms with Gasteiger partial charge in [-0.1, -0.05) is 84.9 Å². The second kappa shape index (κ2) is 9.08. The van der Waals surface area contributed by atoms with Crippen molar-refractivity contribution in [1.29, 1.82) is 0 Å². The Morgan fingerprint density at radius 3 is 1.79 bits per heavy atom. The van der Waals surface area contributed by atoms with Crippen molar-refractivity contribution < 1.29 is 0 Å². The maximum absolute atomic E-state index is 2.63. The molecule has 1 aliphatic heterocycles. The Hall–Kier alpha value is -5.08. The summed E-state index contributed by atoms with van der Waals surface area (Å²) < 4.78 is 5.03. The summed E-state index contributed by atoms with van der Waals surface area (Å²) in [5.74, 6) is 3.40. The summed E-state index contributed by atoms with van der Waals surface area (Å²) in [4.78, 5) is 0. The minimum absolute atomic E-state index is 0.148. The molecule has 4 fully saturated rings. The zero-order chi connectivity index (χ0) is 31.1. The van der Waals surface area contributed by atoms with Crippen molar-refractivity contribution in [2.45, 2.75) is 37.5 Å². The first-order valence-corrected chi connectivity index (χ1v) is 18.0. The van der Waals surface area contributed by atoms with Crippen LogP contribution in [0.15, 0.2) is 133 Å². The van der Waals surface area contributed by atoms with Crippen LogP contribution in [0.4, 0.5) is 0 Å². The van der Waals surface area contributed by atoms with Gasteiger partial charge in [0.25, 0.3) is 0 Å². The molecular weight excluding hydrogens is 581 g/mol. The molecule has 0 N–H and O–H groups in total. The van der Waals surface area contributed by atoms with Gasteiger partial charge in [0, 0.05) is 32.6 Å². The van der Waals surface area contributed by atoms with Gasteiger partial charge in [-0.15, -0.1) is 0 Å². The first-order valence-electron chi connectivity index (χ1n) is 18.0. The van der Waals surface area contributed by atoms with E-state index in [1.807, 2.05) is 0 Å². The van der Waals surface area contributed by atoms with Crippen molar-refractivity contribution in [3.8, 4) is 22.5 Å². The smallest absolute Gasteiger partial charge is 0.0582 e. The Morgan fingerprint density at radius 1 is 0.438 bits per heavy atom. The van der Waals surface area contributed by atoms with Crippen molar-refractivity contribution in [3.63, 3.8) is 0 Å². The third kappa shape index (κ3) is 3.10. The Balaban J connectivity index is 1.09. The molecule has 8 aromatic rings. The van der Waals surface area contributed by atoms with Crippen LogP contribution >= 0.6 is 0 Å². The van der Waals surface area contributed by atoms with Gasteiger partial charge in [-0.25, -0.2) is 0 Å². The summed E-state index contributed by atoms with van der Waals surface area (Å²) in [5, 5.41) is 5.37. The Kier molecular flexibility index (Phi) is 4.91. The van der Waals surface area contributed by atoms with E-state index < -0.39 is 0 Å². The van der Waals surface area contributed by atoms with Crippen LogP contribution in [0.2, 0.25) is 0 Å². The van der Waals surface area contributed by atoms with Gasteiger partial charge in [-0.05, 0) is 127 Å². The highest BCUT2D eigenvalue weighted by Gasteiger charge is 2.60. The van der Waals surface area contributed by atoms with Gasteiger partial charge < -0.3 is 9.13 Å². The number of rotatable bonds is 2. The predicted molar refractivity (Wildman–Crippen MR) is 198 cm³/mol. The predicted octanol–water partition coefficient (Wildman–Crippen LogP) is 11.6. The van der Waals surface area contributed by atoms with E-state index in [9.17, 15) is 0 Å². The lowest BCUT2D eigenvalue weighted by atomic mass is 9.41. The molecular formula is C46H36N2. The van der Waals surface area contributed by atoms with Crippen molar-refractivity contribution in [3.05, 3.63) is 145 Å². The van der Waals surface area contributed by atoms with Crippen molar-refractivity contribution in [2.75, 3.05) is 0 Å². The molecule has 2 aromatic heterocycles. The highest BCUT2D eigenvalue weighted by molar-refractivity contribution is 6.14. The highest BCUT2D eigenvalue weighted by Crippen LogP contribution is 2.68.